The van der Waals surface area contributed by atoms with Crippen molar-refractivity contribution >= 4 is 0 Å². The fourth-order valence-electron chi connectivity index (χ4n) is 2.13. The van der Waals surface area contributed by atoms with Crippen molar-refractivity contribution in [2.24, 2.45) is 0 Å². The predicted molar refractivity (Wildman–Crippen MR) is 78.6 cm³/mol. The molecule has 0 aromatic rings. The van der Waals surface area contributed by atoms with Gasteiger partial charge in [-0.3, -0.25) is 4.90 Å². The summed E-state index contributed by atoms with van der Waals surface area (Å²) in [6.45, 7) is 17.1. The van der Waals surface area contributed by atoms with E-state index in [-0.39, 0.29) is 5.54 Å². The quantitative estimate of drug-likeness (QED) is 0.664. The second-order valence-corrected chi connectivity index (χ2v) is 6.06. The second kappa shape index (κ2) is 8.93. The Bertz CT molecular complexity index is 172. The van der Waals surface area contributed by atoms with E-state index in [1.807, 2.05) is 0 Å². The molecule has 0 radical (unpaired) electrons. The normalized spacial score (nSPS) is 14.3. The van der Waals surface area contributed by atoms with Gasteiger partial charge in [-0.1, -0.05) is 33.6 Å². The third kappa shape index (κ3) is 8.62. The van der Waals surface area contributed by atoms with Gasteiger partial charge in [-0.25, -0.2) is 0 Å². The van der Waals surface area contributed by atoms with E-state index in [1.54, 1.807) is 0 Å². The fraction of sp³-hybridized carbons (Fsp3) is 1.00. The SMILES string of the molecule is CCCCN(CC)C(CCC)CNC(C)(C)C. The molecule has 0 amide bonds. The van der Waals surface area contributed by atoms with Crippen LogP contribution in [0.2, 0.25) is 0 Å². The minimum Gasteiger partial charge on any atom is -0.311 e. The van der Waals surface area contributed by atoms with Gasteiger partial charge >= 0.3 is 0 Å². The van der Waals surface area contributed by atoms with Crippen LogP contribution in [0.3, 0.4) is 0 Å². The van der Waals surface area contributed by atoms with Crippen molar-refractivity contribution < 1.29 is 0 Å². The highest BCUT2D eigenvalue weighted by atomic mass is 15.2. The van der Waals surface area contributed by atoms with Crippen molar-refractivity contribution in [3.05, 3.63) is 0 Å². The van der Waals surface area contributed by atoms with Crippen LogP contribution in [0.25, 0.3) is 0 Å². The fourth-order valence-corrected chi connectivity index (χ4v) is 2.13. The Balaban J connectivity index is 4.25. The number of rotatable bonds is 9. The minimum absolute atomic E-state index is 0.232. The molecule has 0 aliphatic heterocycles. The first kappa shape index (κ1) is 16.9. The van der Waals surface area contributed by atoms with E-state index in [0.717, 1.165) is 6.54 Å². The maximum absolute atomic E-state index is 3.66. The first-order valence-corrected chi connectivity index (χ1v) is 7.43. The first-order chi connectivity index (χ1) is 7.94. The van der Waals surface area contributed by atoms with Crippen LogP contribution < -0.4 is 5.32 Å². The van der Waals surface area contributed by atoms with Crippen LogP contribution in [0.1, 0.15) is 67.2 Å². The number of nitrogens with one attached hydrogen (secondary N) is 1. The largest absolute Gasteiger partial charge is 0.311 e. The van der Waals surface area contributed by atoms with Crippen molar-refractivity contribution in [2.45, 2.75) is 78.8 Å². The van der Waals surface area contributed by atoms with Gasteiger partial charge < -0.3 is 5.32 Å². The second-order valence-electron chi connectivity index (χ2n) is 6.06. The van der Waals surface area contributed by atoms with Gasteiger partial charge in [-0.2, -0.15) is 0 Å². The molecular weight excluding hydrogens is 208 g/mol. The van der Waals surface area contributed by atoms with Gasteiger partial charge in [0.2, 0.25) is 0 Å². The Kier molecular flexibility index (Phi) is 8.89. The molecule has 0 bridgehead atoms. The molecule has 0 spiro atoms. The summed E-state index contributed by atoms with van der Waals surface area (Å²) in [7, 11) is 0. The first-order valence-electron chi connectivity index (χ1n) is 7.43. The van der Waals surface area contributed by atoms with Crippen molar-refractivity contribution in [3.8, 4) is 0 Å². The summed E-state index contributed by atoms with van der Waals surface area (Å²) in [6.07, 6.45) is 5.20. The summed E-state index contributed by atoms with van der Waals surface area (Å²) < 4.78 is 0. The van der Waals surface area contributed by atoms with E-state index in [9.17, 15) is 0 Å². The van der Waals surface area contributed by atoms with E-state index in [4.69, 9.17) is 0 Å². The van der Waals surface area contributed by atoms with Crippen molar-refractivity contribution in [1.82, 2.24) is 10.2 Å². The molecular formula is C15H34N2. The van der Waals surface area contributed by atoms with Crippen LogP contribution in [-0.2, 0) is 0 Å². The van der Waals surface area contributed by atoms with Gasteiger partial charge in [-0.15, -0.1) is 0 Å². The van der Waals surface area contributed by atoms with Crippen molar-refractivity contribution in [1.29, 1.82) is 0 Å². The average molecular weight is 242 g/mol. The zero-order valence-electron chi connectivity index (χ0n) is 13.0. The Morgan fingerprint density at radius 3 is 2.12 bits per heavy atom. The number of likely N-dealkylation sites (N-methyl/N-ethyl adjacent to an activating group) is 1. The molecule has 0 fully saturated rings. The van der Waals surface area contributed by atoms with E-state index in [1.165, 1.54) is 38.8 Å². The molecule has 0 aliphatic carbocycles. The van der Waals surface area contributed by atoms with Crippen LogP contribution in [-0.4, -0.2) is 36.1 Å². The summed E-state index contributed by atoms with van der Waals surface area (Å²) in [5.74, 6) is 0. The summed E-state index contributed by atoms with van der Waals surface area (Å²) >= 11 is 0. The molecule has 0 aromatic carbocycles. The lowest BCUT2D eigenvalue weighted by Gasteiger charge is -2.33. The van der Waals surface area contributed by atoms with Gasteiger partial charge in [0, 0.05) is 18.1 Å². The number of nitrogens with zero attached hydrogens (tertiary/aromatic N) is 1. The van der Waals surface area contributed by atoms with Gasteiger partial charge in [0.25, 0.3) is 0 Å². The molecule has 17 heavy (non-hydrogen) atoms. The molecule has 0 saturated carbocycles. The molecule has 0 heterocycles. The van der Waals surface area contributed by atoms with E-state index in [0.29, 0.717) is 6.04 Å². The van der Waals surface area contributed by atoms with Crippen LogP contribution >= 0.6 is 0 Å². The molecule has 2 nitrogen and oxygen atoms in total. The maximum atomic E-state index is 3.66. The Labute approximate surface area is 109 Å². The van der Waals surface area contributed by atoms with Gasteiger partial charge in [0.15, 0.2) is 0 Å². The lowest BCUT2D eigenvalue weighted by Crippen LogP contribution is -2.47. The zero-order valence-corrected chi connectivity index (χ0v) is 13.0. The Morgan fingerprint density at radius 2 is 1.71 bits per heavy atom. The summed E-state index contributed by atoms with van der Waals surface area (Å²) in [4.78, 5) is 2.64. The number of unbranched alkanes of at least 4 members (excludes halogenated alkanes) is 1. The highest BCUT2D eigenvalue weighted by Crippen LogP contribution is 2.10. The number of hydrogen-bond donors (Lipinski definition) is 1. The third-order valence-corrected chi connectivity index (χ3v) is 3.21. The highest BCUT2D eigenvalue weighted by molar-refractivity contribution is 4.78. The topological polar surface area (TPSA) is 15.3 Å². The van der Waals surface area contributed by atoms with Gasteiger partial charge in [-0.05, 0) is 46.7 Å². The maximum Gasteiger partial charge on any atom is 0.0220 e. The lowest BCUT2D eigenvalue weighted by atomic mass is 10.1. The number of hydrogen-bond acceptors (Lipinski definition) is 2. The van der Waals surface area contributed by atoms with Gasteiger partial charge in [0.05, 0.1) is 0 Å². The average Bonchev–Trinajstić information content (AvgIpc) is 2.25. The standard InChI is InChI=1S/C15H34N2/c1-7-10-12-17(9-3)14(11-8-2)13-16-15(4,5)6/h14,16H,7-13H2,1-6H3. The van der Waals surface area contributed by atoms with Crippen molar-refractivity contribution in [3.63, 3.8) is 0 Å². The van der Waals surface area contributed by atoms with Crippen LogP contribution in [0.15, 0.2) is 0 Å². The zero-order chi connectivity index (χ0) is 13.3. The summed E-state index contributed by atoms with van der Waals surface area (Å²) in [5, 5.41) is 3.66. The van der Waals surface area contributed by atoms with Gasteiger partial charge in [0.1, 0.15) is 0 Å². The molecule has 104 valence electrons. The lowest BCUT2D eigenvalue weighted by molar-refractivity contribution is 0.178. The van der Waals surface area contributed by atoms with Crippen LogP contribution in [0, 0.1) is 0 Å². The molecule has 0 rings (SSSR count). The summed E-state index contributed by atoms with van der Waals surface area (Å²) in [5.41, 5.74) is 0.232. The third-order valence-electron chi connectivity index (χ3n) is 3.21. The molecule has 1 unspecified atom stereocenters. The minimum atomic E-state index is 0.232. The van der Waals surface area contributed by atoms with Crippen LogP contribution in [0.4, 0.5) is 0 Å². The smallest absolute Gasteiger partial charge is 0.0220 e. The van der Waals surface area contributed by atoms with E-state index < -0.39 is 0 Å². The molecule has 0 aromatic heterocycles. The molecule has 2 heteroatoms. The van der Waals surface area contributed by atoms with Crippen molar-refractivity contribution in [2.75, 3.05) is 19.6 Å². The Hall–Kier alpha value is -0.0800. The highest BCUT2D eigenvalue weighted by Gasteiger charge is 2.18. The van der Waals surface area contributed by atoms with E-state index >= 15 is 0 Å². The van der Waals surface area contributed by atoms with Crippen LogP contribution in [0.5, 0.6) is 0 Å². The monoisotopic (exact) mass is 242 g/mol. The Morgan fingerprint density at radius 1 is 1.06 bits per heavy atom. The predicted octanol–water partition coefficient (Wildman–Crippen LogP) is 3.67. The van der Waals surface area contributed by atoms with E-state index in [2.05, 4.69) is 51.8 Å². The molecule has 1 N–H and O–H groups in total. The molecule has 0 aliphatic rings. The molecule has 0 saturated heterocycles. The summed E-state index contributed by atoms with van der Waals surface area (Å²) in [6, 6.07) is 0.704. The molecule has 1 atom stereocenters.